The van der Waals surface area contributed by atoms with Crippen LogP contribution in [0.4, 0.5) is 33.3 Å². The Labute approximate surface area is 146 Å². The first kappa shape index (κ1) is 18.2. The minimum atomic E-state index is -2.30. The summed E-state index contributed by atoms with van der Waals surface area (Å²) in [5, 5.41) is 2.26. The predicted molar refractivity (Wildman–Crippen MR) is 86.7 cm³/mol. The molecule has 1 heterocycles. The first-order chi connectivity index (χ1) is 12.4. The van der Waals surface area contributed by atoms with Crippen molar-refractivity contribution in [2.24, 2.45) is 0 Å². The van der Waals surface area contributed by atoms with E-state index in [4.69, 9.17) is 0 Å². The van der Waals surface area contributed by atoms with Gasteiger partial charge in [0.1, 0.15) is 5.56 Å². The number of rotatable bonds is 3. The maximum Gasteiger partial charge on any atom is 0.261 e. The van der Waals surface area contributed by atoms with Crippen LogP contribution < -0.4 is 10.2 Å². The molecule has 1 amide bonds. The lowest BCUT2D eigenvalue weighted by molar-refractivity contribution is 0.101. The molecule has 0 aliphatic carbocycles. The van der Waals surface area contributed by atoms with Crippen LogP contribution in [0.15, 0.2) is 24.3 Å². The van der Waals surface area contributed by atoms with Crippen LogP contribution >= 0.6 is 0 Å². The highest BCUT2D eigenvalue weighted by Crippen LogP contribution is 2.30. The molecule has 0 atom stereocenters. The Balaban J connectivity index is 1.95. The number of halogens is 5. The van der Waals surface area contributed by atoms with E-state index in [0.29, 0.717) is 5.69 Å². The van der Waals surface area contributed by atoms with Gasteiger partial charge >= 0.3 is 0 Å². The van der Waals surface area contributed by atoms with Gasteiger partial charge in [-0.1, -0.05) is 12.1 Å². The van der Waals surface area contributed by atoms with Crippen LogP contribution in [0.1, 0.15) is 29.6 Å². The number of anilines is 2. The number of benzene rings is 2. The third kappa shape index (κ3) is 3.23. The molecule has 1 saturated heterocycles. The molecule has 2 aromatic carbocycles. The molecule has 0 radical (unpaired) electrons. The van der Waals surface area contributed by atoms with E-state index in [2.05, 4.69) is 5.32 Å². The van der Waals surface area contributed by atoms with Crippen LogP contribution in [0.3, 0.4) is 0 Å². The summed E-state index contributed by atoms with van der Waals surface area (Å²) in [5.41, 5.74) is -0.636. The molecule has 0 spiro atoms. The highest BCUT2D eigenvalue weighted by atomic mass is 19.2. The molecule has 3 rings (SSSR count). The third-order valence-electron chi connectivity index (χ3n) is 4.29. The Morgan fingerprint density at radius 2 is 1.35 bits per heavy atom. The van der Waals surface area contributed by atoms with Gasteiger partial charge in [0.25, 0.3) is 5.91 Å². The van der Waals surface area contributed by atoms with Gasteiger partial charge < -0.3 is 10.2 Å². The van der Waals surface area contributed by atoms with Crippen LogP contribution in [-0.2, 0) is 0 Å². The Hall–Kier alpha value is -2.64. The molecule has 1 fully saturated rings. The van der Waals surface area contributed by atoms with Crippen molar-refractivity contribution in [1.29, 1.82) is 0 Å². The Morgan fingerprint density at radius 1 is 0.808 bits per heavy atom. The van der Waals surface area contributed by atoms with E-state index >= 15 is 0 Å². The normalized spacial score (nSPS) is 14.4. The quantitative estimate of drug-likeness (QED) is 0.486. The van der Waals surface area contributed by atoms with E-state index < -0.39 is 40.6 Å². The van der Waals surface area contributed by atoms with Gasteiger partial charge in [-0.05, 0) is 31.4 Å². The number of nitrogens with zero attached hydrogens (tertiary/aromatic N) is 1. The van der Waals surface area contributed by atoms with Gasteiger partial charge in [0.15, 0.2) is 23.3 Å². The fraction of sp³-hybridized carbons (Fsp3) is 0.278. The monoisotopic (exact) mass is 370 g/mol. The average Bonchev–Trinajstić information content (AvgIpc) is 2.66. The van der Waals surface area contributed by atoms with Gasteiger partial charge in [0.2, 0.25) is 5.82 Å². The molecule has 2 aromatic rings. The standard InChI is InChI=1S/C18H15F5N2O/c19-13-12(14(20)16(22)17(23)15(13)21)18(26)24-10-6-2-3-7-11(10)25-8-4-1-5-9-25/h2-3,6-7H,1,4-5,8-9H2,(H,24,26). The second-order valence-electron chi connectivity index (χ2n) is 5.96. The maximum absolute atomic E-state index is 13.8. The van der Waals surface area contributed by atoms with Crippen molar-refractivity contribution in [3.8, 4) is 0 Å². The van der Waals surface area contributed by atoms with Crippen molar-refractivity contribution in [2.75, 3.05) is 23.3 Å². The number of hydrogen-bond acceptors (Lipinski definition) is 2. The Morgan fingerprint density at radius 3 is 1.96 bits per heavy atom. The summed E-state index contributed by atoms with van der Waals surface area (Å²) < 4.78 is 67.4. The SMILES string of the molecule is O=C(Nc1ccccc1N1CCCCC1)c1c(F)c(F)c(F)c(F)c1F. The van der Waals surface area contributed by atoms with Gasteiger partial charge in [0.05, 0.1) is 11.4 Å². The smallest absolute Gasteiger partial charge is 0.261 e. The van der Waals surface area contributed by atoms with Gasteiger partial charge in [-0.15, -0.1) is 0 Å². The van der Waals surface area contributed by atoms with E-state index in [1.807, 2.05) is 4.90 Å². The van der Waals surface area contributed by atoms with Crippen LogP contribution in [0.2, 0.25) is 0 Å². The van der Waals surface area contributed by atoms with Crippen LogP contribution in [0.5, 0.6) is 0 Å². The minimum Gasteiger partial charge on any atom is -0.370 e. The van der Waals surface area contributed by atoms with E-state index in [0.717, 1.165) is 32.4 Å². The molecule has 138 valence electrons. The van der Waals surface area contributed by atoms with Gasteiger partial charge in [-0.25, -0.2) is 22.0 Å². The summed E-state index contributed by atoms with van der Waals surface area (Å²) in [4.78, 5) is 14.2. The molecule has 26 heavy (non-hydrogen) atoms. The van der Waals surface area contributed by atoms with Crippen LogP contribution in [0, 0.1) is 29.1 Å². The molecule has 0 unspecified atom stereocenters. The Bertz CT molecular complexity index is 821. The lowest BCUT2D eigenvalue weighted by Gasteiger charge is -2.30. The fourth-order valence-corrected chi connectivity index (χ4v) is 2.98. The zero-order chi connectivity index (χ0) is 18.8. The van der Waals surface area contributed by atoms with Gasteiger partial charge in [-0.2, -0.15) is 0 Å². The first-order valence-electron chi connectivity index (χ1n) is 8.08. The molecule has 1 aliphatic rings. The summed E-state index contributed by atoms with van der Waals surface area (Å²) in [5.74, 6) is -12.3. The van der Waals surface area contributed by atoms with E-state index in [1.165, 1.54) is 6.07 Å². The molecule has 3 nitrogen and oxygen atoms in total. The number of para-hydroxylation sites is 2. The zero-order valence-corrected chi connectivity index (χ0v) is 13.6. The van der Waals surface area contributed by atoms with E-state index in [1.54, 1.807) is 18.2 Å². The van der Waals surface area contributed by atoms with Crippen molar-refractivity contribution in [3.63, 3.8) is 0 Å². The summed E-state index contributed by atoms with van der Waals surface area (Å²) in [7, 11) is 0. The second kappa shape index (κ2) is 7.31. The number of piperidine rings is 1. The summed E-state index contributed by atoms with van der Waals surface area (Å²) in [6.07, 6.45) is 3.00. The molecule has 1 aliphatic heterocycles. The number of nitrogens with one attached hydrogen (secondary N) is 1. The van der Waals surface area contributed by atoms with Crippen molar-refractivity contribution in [2.45, 2.75) is 19.3 Å². The van der Waals surface area contributed by atoms with E-state index in [9.17, 15) is 26.7 Å². The number of hydrogen-bond donors (Lipinski definition) is 1. The Kier molecular flexibility index (Phi) is 5.11. The first-order valence-corrected chi connectivity index (χ1v) is 8.08. The van der Waals surface area contributed by atoms with Crippen LogP contribution in [0.25, 0.3) is 0 Å². The molecular weight excluding hydrogens is 355 g/mol. The largest absolute Gasteiger partial charge is 0.370 e. The van der Waals surface area contributed by atoms with Gasteiger partial charge in [-0.3, -0.25) is 4.79 Å². The van der Waals surface area contributed by atoms with Crippen LogP contribution in [-0.4, -0.2) is 19.0 Å². The molecule has 0 saturated carbocycles. The van der Waals surface area contributed by atoms with Crippen molar-refractivity contribution < 1.29 is 26.7 Å². The topological polar surface area (TPSA) is 32.3 Å². The maximum atomic E-state index is 13.8. The second-order valence-corrected chi connectivity index (χ2v) is 5.96. The van der Waals surface area contributed by atoms with Crippen molar-refractivity contribution in [1.82, 2.24) is 0 Å². The van der Waals surface area contributed by atoms with Crippen molar-refractivity contribution in [3.05, 3.63) is 58.9 Å². The average molecular weight is 370 g/mol. The third-order valence-corrected chi connectivity index (χ3v) is 4.29. The van der Waals surface area contributed by atoms with Gasteiger partial charge in [0, 0.05) is 13.1 Å². The summed E-state index contributed by atoms with van der Waals surface area (Å²) in [6.45, 7) is 1.49. The minimum absolute atomic E-state index is 0.239. The lowest BCUT2D eigenvalue weighted by Crippen LogP contribution is -2.30. The number of carbonyl (C=O) groups excluding carboxylic acids is 1. The summed E-state index contributed by atoms with van der Waals surface area (Å²) in [6, 6.07) is 6.56. The molecule has 1 N–H and O–H groups in total. The highest BCUT2D eigenvalue weighted by Gasteiger charge is 2.30. The lowest BCUT2D eigenvalue weighted by atomic mass is 10.1. The molecule has 8 heteroatoms. The molecular formula is C18H15F5N2O. The number of amides is 1. The summed E-state index contributed by atoms with van der Waals surface area (Å²) >= 11 is 0. The fourth-order valence-electron chi connectivity index (χ4n) is 2.98. The zero-order valence-electron chi connectivity index (χ0n) is 13.6. The highest BCUT2D eigenvalue weighted by molar-refractivity contribution is 6.06. The molecule has 0 aromatic heterocycles. The van der Waals surface area contributed by atoms with Crippen molar-refractivity contribution >= 4 is 17.3 Å². The number of carbonyl (C=O) groups is 1. The van der Waals surface area contributed by atoms with E-state index in [-0.39, 0.29) is 5.69 Å². The molecule has 0 bridgehead atoms. The predicted octanol–water partition coefficient (Wildman–Crippen LogP) is 4.62.